The molecule has 34 heavy (non-hydrogen) atoms. The van der Waals surface area contributed by atoms with Gasteiger partial charge in [0.2, 0.25) is 0 Å². The Kier molecular flexibility index (Phi) is 9.02. The Morgan fingerprint density at radius 2 is 1.97 bits per heavy atom. The van der Waals surface area contributed by atoms with Gasteiger partial charge in [0.25, 0.3) is 12.3 Å². The van der Waals surface area contributed by atoms with E-state index < -0.39 is 29.4 Å². The zero-order valence-corrected chi connectivity index (χ0v) is 20.4. The molecule has 2 aromatic rings. The number of allylic oxidation sites excluding steroid dienone is 1. The maximum Gasteiger partial charge on any atom is 0.280 e. The van der Waals surface area contributed by atoms with Gasteiger partial charge in [-0.25, -0.2) is 13.2 Å². The SMILES string of the molecule is CC(C=O)N=C(/C=C(\N)c1nc(C2(c3ccc(F)cc3Cl)CC2)no1)C(F)F.COC(C)(C)C. The summed E-state index contributed by atoms with van der Waals surface area (Å²) in [6.07, 6.45) is -0.271. The first-order valence-electron chi connectivity index (χ1n) is 10.5. The molecule has 186 valence electrons. The van der Waals surface area contributed by atoms with E-state index in [9.17, 15) is 18.0 Å². The molecule has 0 radical (unpaired) electrons. The molecular formula is C23H28ClF3N4O3. The average Bonchev–Trinajstić information content (AvgIpc) is 3.40. The van der Waals surface area contributed by atoms with Crippen molar-refractivity contribution in [2.24, 2.45) is 10.7 Å². The topological polar surface area (TPSA) is 104 Å². The lowest BCUT2D eigenvalue weighted by Crippen LogP contribution is -2.15. The number of carbonyl (C=O) groups excluding carboxylic acids is 1. The summed E-state index contributed by atoms with van der Waals surface area (Å²) in [7, 11) is 1.71. The number of nitrogens with zero attached hydrogens (tertiary/aromatic N) is 3. The third-order valence-electron chi connectivity index (χ3n) is 4.99. The molecule has 0 bridgehead atoms. The van der Waals surface area contributed by atoms with E-state index >= 15 is 0 Å². The zero-order chi connectivity index (χ0) is 25.7. The number of aromatic nitrogens is 2. The number of ether oxygens (including phenoxy) is 1. The lowest BCUT2D eigenvalue weighted by Gasteiger charge is -2.14. The number of carbonyl (C=O) groups is 1. The molecular weight excluding hydrogens is 473 g/mol. The van der Waals surface area contributed by atoms with Crippen molar-refractivity contribution in [1.29, 1.82) is 0 Å². The largest absolute Gasteiger partial charge is 0.394 e. The molecule has 0 amide bonds. The van der Waals surface area contributed by atoms with Crippen molar-refractivity contribution < 1.29 is 27.2 Å². The molecule has 1 heterocycles. The first-order valence-corrected chi connectivity index (χ1v) is 10.8. The van der Waals surface area contributed by atoms with Crippen LogP contribution in [0.4, 0.5) is 13.2 Å². The van der Waals surface area contributed by atoms with Crippen LogP contribution in [0.5, 0.6) is 0 Å². The Balaban J connectivity index is 0.000000604. The second-order valence-electron chi connectivity index (χ2n) is 8.78. The Labute approximate surface area is 201 Å². The lowest BCUT2D eigenvalue weighted by atomic mass is 9.95. The van der Waals surface area contributed by atoms with E-state index in [1.54, 1.807) is 13.2 Å². The molecule has 1 aromatic heterocycles. The fourth-order valence-corrected chi connectivity index (χ4v) is 3.14. The first-order chi connectivity index (χ1) is 15.8. The average molecular weight is 501 g/mol. The van der Waals surface area contributed by atoms with Crippen molar-refractivity contribution in [2.75, 3.05) is 7.11 Å². The summed E-state index contributed by atoms with van der Waals surface area (Å²) in [4.78, 5) is 18.4. The Morgan fingerprint density at radius 1 is 1.35 bits per heavy atom. The van der Waals surface area contributed by atoms with Crippen LogP contribution in [0, 0.1) is 5.82 Å². The number of hydrogen-bond acceptors (Lipinski definition) is 7. The molecule has 0 saturated heterocycles. The number of hydrogen-bond donors (Lipinski definition) is 1. The monoisotopic (exact) mass is 500 g/mol. The highest BCUT2D eigenvalue weighted by Gasteiger charge is 2.51. The molecule has 1 unspecified atom stereocenters. The number of aliphatic imine (C=N–C) groups is 1. The van der Waals surface area contributed by atoms with Gasteiger partial charge in [-0.05, 0) is 64.3 Å². The number of aldehydes is 1. The van der Waals surface area contributed by atoms with E-state index in [2.05, 4.69) is 15.1 Å². The maximum absolute atomic E-state index is 13.3. The van der Waals surface area contributed by atoms with Crippen LogP contribution in [-0.2, 0) is 14.9 Å². The van der Waals surface area contributed by atoms with E-state index in [0.717, 1.165) is 6.08 Å². The van der Waals surface area contributed by atoms with E-state index in [4.69, 9.17) is 26.6 Å². The van der Waals surface area contributed by atoms with Crippen LogP contribution in [0.1, 0.15) is 57.8 Å². The minimum atomic E-state index is -2.93. The van der Waals surface area contributed by atoms with Gasteiger partial charge in [-0.2, -0.15) is 4.98 Å². The van der Waals surface area contributed by atoms with Crippen molar-refractivity contribution in [3.63, 3.8) is 0 Å². The molecule has 3 rings (SSSR count). The van der Waals surface area contributed by atoms with Crippen molar-refractivity contribution in [1.82, 2.24) is 10.1 Å². The third-order valence-corrected chi connectivity index (χ3v) is 5.30. The highest BCUT2D eigenvalue weighted by molar-refractivity contribution is 6.31. The molecule has 0 spiro atoms. The summed E-state index contributed by atoms with van der Waals surface area (Å²) < 4.78 is 49.6. The zero-order valence-electron chi connectivity index (χ0n) is 19.6. The molecule has 0 aliphatic heterocycles. The number of nitrogens with two attached hydrogens (primary N) is 1. The molecule has 7 nitrogen and oxygen atoms in total. The van der Waals surface area contributed by atoms with Crippen molar-refractivity contribution in [3.05, 3.63) is 52.4 Å². The van der Waals surface area contributed by atoms with Crippen LogP contribution in [-0.4, -0.2) is 47.3 Å². The first kappa shape index (κ1) is 27.5. The van der Waals surface area contributed by atoms with Gasteiger partial charge < -0.3 is 19.8 Å². The van der Waals surface area contributed by atoms with Gasteiger partial charge in [-0.3, -0.25) is 4.99 Å². The van der Waals surface area contributed by atoms with Crippen LogP contribution < -0.4 is 5.73 Å². The fourth-order valence-electron chi connectivity index (χ4n) is 2.79. The quantitative estimate of drug-likeness (QED) is 0.425. The minimum Gasteiger partial charge on any atom is -0.394 e. The summed E-state index contributed by atoms with van der Waals surface area (Å²) in [5.74, 6) is -0.343. The summed E-state index contributed by atoms with van der Waals surface area (Å²) in [5, 5.41) is 4.14. The van der Waals surface area contributed by atoms with Crippen LogP contribution >= 0.6 is 11.6 Å². The smallest absolute Gasteiger partial charge is 0.280 e. The van der Waals surface area contributed by atoms with E-state index in [1.165, 1.54) is 19.1 Å². The minimum absolute atomic E-state index is 0.0417. The molecule has 1 aliphatic rings. The Morgan fingerprint density at radius 3 is 2.44 bits per heavy atom. The maximum atomic E-state index is 13.3. The standard InChI is InChI=1S/C18H16ClF3N4O2.C5H12O/c1-9(8-27)24-14(15(21)22)7-13(23)16-25-17(26-28-16)18(4-5-18)11-3-2-10(20)6-12(11)19;1-5(2,3)6-4/h2-3,6-9,15H,4-5,23H2,1H3;1-4H3/b13-7-,24-14?;. The van der Waals surface area contributed by atoms with E-state index in [1.807, 2.05) is 20.8 Å². The van der Waals surface area contributed by atoms with Crippen LogP contribution in [0.25, 0.3) is 5.70 Å². The molecule has 1 fully saturated rings. The number of rotatable bonds is 7. The Hall–Kier alpha value is -2.72. The second-order valence-corrected chi connectivity index (χ2v) is 9.18. The van der Waals surface area contributed by atoms with Gasteiger partial charge in [-0.15, -0.1) is 0 Å². The number of benzene rings is 1. The van der Waals surface area contributed by atoms with Crippen molar-refractivity contribution in [2.45, 2.75) is 64.0 Å². The predicted molar refractivity (Wildman–Crippen MR) is 124 cm³/mol. The lowest BCUT2D eigenvalue weighted by molar-refractivity contribution is -0.108. The van der Waals surface area contributed by atoms with Gasteiger partial charge in [-0.1, -0.05) is 22.8 Å². The van der Waals surface area contributed by atoms with Crippen molar-refractivity contribution in [3.8, 4) is 0 Å². The van der Waals surface area contributed by atoms with Gasteiger partial charge in [0.15, 0.2) is 5.82 Å². The molecule has 1 aromatic carbocycles. The molecule has 1 atom stereocenters. The molecule has 1 saturated carbocycles. The van der Waals surface area contributed by atoms with Crippen molar-refractivity contribution >= 4 is 29.3 Å². The predicted octanol–water partition coefficient (Wildman–Crippen LogP) is 4.97. The number of methoxy groups -OCH3 is 1. The summed E-state index contributed by atoms with van der Waals surface area (Å²) >= 11 is 6.15. The van der Waals surface area contributed by atoms with Gasteiger partial charge >= 0.3 is 0 Å². The molecule has 2 N–H and O–H groups in total. The normalized spacial score (nSPS) is 16.6. The summed E-state index contributed by atoms with van der Waals surface area (Å²) in [5.41, 5.74) is 4.99. The molecule has 11 heteroatoms. The Bertz CT molecular complexity index is 1060. The highest BCUT2D eigenvalue weighted by atomic mass is 35.5. The van der Waals surface area contributed by atoms with Gasteiger partial charge in [0.1, 0.15) is 23.9 Å². The summed E-state index contributed by atoms with van der Waals surface area (Å²) in [6.45, 7) is 7.43. The van der Waals surface area contributed by atoms with Gasteiger partial charge in [0.05, 0.1) is 16.7 Å². The second kappa shape index (κ2) is 11.1. The highest BCUT2D eigenvalue weighted by Crippen LogP contribution is 2.54. The van der Waals surface area contributed by atoms with Crippen LogP contribution in [0.2, 0.25) is 5.02 Å². The summed E-state index contributed by atoms with van der Waals surface area (Å²) in [6, 6.07) is 3.10. The van der Waals surface area contributed by atoms with Crippen LogP contribution in [0.15, 0.2) is 33.8 Å². The number of alkyl halides is 2. The van der Waals surface area contributed by atoms with E-state index in [-0.39, 0.29) is 28.0 Å². The third kappa shape index (κ3) is 7.14. The molecule has 1 aliphatic carbocycles. The number of halogens is 4. The fraction of sp³-hybridized carbons (Fsp3) is 0.478. The van der Waals surface area contributed by atoms with Gasteiger partial charge in [0, 0.05) is 12.1 Å². The van der Waals surface area contributed by atoms with Crippen LogP contribution in [0.3, 0.4) is 0 Å². The van der Waals surface area contributed by atoms with E-state index in [0.29, 0.717) is 24.7 Å².